The van der Waals surface area contributed by atoms with Crippen molar-refractivity contribution in [3.63, 3.8) is 0 Å². The molecular weight excluding hydrogens is 238 g/mol. The Labute approximate surface area is 100 Å². The second kappa shape index (κ2) is 4.87. The lowest BCUT2D eigenvalue weighted by atomic mass is 10.1. The number of aromatic amines is 1. The Balaban J connectivity index is 1.90. The lowest BCUT2D eigenvalue weighted by molar-refractivity contribution is 0.592. The van der Waals surface area contributed by atoms with Crippen LogP contribution in [0.5, 0.6) is 0 Å². The number of H-pyrrole nitrogens is 1. The van der Waals surface area contributed by atoms with E-state index >= 15 is 0 Å². The SMILES string of the molecule is NS(=O)(=O)CCNCc1ccc2cc[nH]c2c1. The Morgan fingerprint density at radius 1 is 1.29 bits per heavy atom. The smallest absolute Gasteiger partial charge is 0.210 e. The fraction of sp³-hybridized carbons (Fsp3) is 0.273. The van der Waals surface area contributed by atoms with Crippen LogP contribution in [0.25, 0.3) is 10.9 Å². The average Bonchev–Trinajstić information content (AvgIpc) is 2.70. The number of fused-ring (bicyclic) bond motifs is 1. The van der Waals surface area contributed by atoms with Crippen molar-refractivity contribution in [1.29, 1.82) is 0 Å². The van der Waals surface area contributed by atoms with E-state index in [9.17, 15) is 8.42 Å². The molecule has 92 valence electrons. The molecule has 0 spiro atoms. The summed E-state index contributed by atoms with van der Waals surface area (Å²) in [5, 5.41) is 9.11. The molecule has 0 aliphatic rings. The number of rotatable bonds is 5. The van der Waals surface area contributed by atoms with Gasteiger partial charge in [0, 0.05) is 24.8 Å². The minimum absolute atomic E-state index is 0.0439. The van der Waals surface area contributed by atoms with Gasteiger partial charge in [-0.1, -0.05) is 12.1 Å². The van der Waals surface area contributed by atoms with Crippen LogP contribution in [0.15, 0.2) is 30.5 Å². The van der Waals surface area contributed by atoms with Gasteiger partial charge in [0.25, 0.3) is 0 Å². The molecule has 5 nitrogen and oxygen atoms in total. The van der Waals surface area contributed by atoms with Crippen molar-refractivity contribution in [1.82, 2.24) is 10.3 Å². The summed E-state index contributed by atoms with van der Waals surface area (Å²) in [6.07, 6.45) is 1.89. The minimum atomic E-state index is -3.37. The molecule has 1 heterocycles. The van der Waals surface area contributed by atoms with E-state index in [2.05, 4.69) is 10.3 Å². The summed E-state index contributed by atoms with van der Waals surface area (Å²) in [6.45, 7) is 0.992. The summed E-state index contributed by atoms with van der Waals surface area (Å²) < 4.78 is 21.4. The maximum atomic E-state index is 10.7. The predicted octanol–water partition coefficient (Wildman–Crippen LogP) is 0.546. The summed E-state index contributed by atoms with van der Waals surface area (Å²) in [5.74, 6) is -0.0439. The third-order valence-electron chi connectivity index (χ3n) is 2.51. The number of sulfonamides is 1. The zero-order valence-electron chi connectivity index (χ0n) is 9.31. The number of aromatic nitrogens is 1. The molecule has 1 aromatic carbocycles. The van der Waals surface area contributed by atoms with E-state index in [1.807, 2.05) is 30.5 Å². The molecule has 0 fully saturated rings. The van der Waals surface area contributed by atoms with Gasteiger partial charge in [-0.25, -0.2) is 13.6 Å². The summed E-state index contributed by atoms with van der Waals surface area (Å²) in [7, 11) is -3.37. The molecule has 0 atom stereocenters. The maximum Gasteiger partial charge on any atom is 0.210 e. The van der Waals surface area contributed by atoms with Crippen LogP contribution in [0, 0.1) is 0 Å². The quantitative estimate of drug-likeness (QED) is 0.680. The molecule has 1 aromatic heterocycles. The van der Waals surface area contributed by atoms with Gasteiger partial charge in [0.05, 0.1) is 5.75 Å². The van der Waals surface area contributed by atoms with Crippen LogP contribution < -0.4 is 10.5 Å². The normalized spacial score (nSPS) is 12.1. The van der Waals surface area contributed by atoms with Gasteiger partial charge in [-0.3, -0.25) is 0 Å². The first-order valence-electron chi connectivity index (χ1n) is 5.32. The van der Waals surface area contributed by atoms with E-state index in [1.54, 1.807) is 0 Å². The topological polar surface area (TPSA) is 88.0 Å². The highest BCUT2D eigenvalue weighted by Gasteiger charge is 2.01. The van der Waals surface area contributed by atoms with Gasteiger partial charge in [0.1, 0.15) is 0 Å². The average molecular weight is 253 g/mol. The zero-order valence-corrected chi connectivity index (χ0v) is 10.1. The van der Waals surface area contributed by atoms with Crippen LogP contribution in [0.1, 0.15) is 5.56 Å². The van der Waals surface area contributed by atoms with E-state index in [1.165, 1.54) is 5.39 Å². The molecule has 0 aliphatic heterocycles. The molecule has 0 saturated heterocycles. The van der Waals surface area contributed by atoms with Crippen LogP contribution in [0.3, 0.4) is 0 Å². The monoisotopic (exact) mass is 253 g/mol. The van der Waals surface area contributed by atoms with Gasteiger partial charge in [0.15, 0.2) is 0 Å². The molecule has 2 aromatic rings. The van der Waals surface area contributed by atoms with E-state index in [0.717, 1.165) is 11.1 Å². The second-order valence-electron chi connectivity index (χ2n) is 3.94. The minimum Gasteiger partial charge on any atom is -0.361 e. The molecule has 4 N–H and O–H groups in total. The van der Waals surface area contributed by atoms with Crippen molar-refractivity contribution in [3.05, 3.63) is 36.0 Å². The summed E-state index contributed by atoms with van der Waals surface area (Å²) in [4.78, 5) is 3.13. The zero-order chi connectivity index (χ0) is 12.3. The van der Waals surface area contributed by atoms with Crippen molar-refractivity contribution in [2.24, 2.45) is 5.14 Å². The van der Waals surface area contributed by atoms with Crippen molar-refractivity contribution in [2.75, 3.05) is 12.3 Å². The molecule has 0 aliphatic carbocycles. The standard InChI is InChI=1S/C11H15N3O2S/c12-17(15,16)6-5-13-8-9-1-2-10-3-4-14-11(10)7-9/h1-4,7,13-14H,5-6,8H2,(H2,12,15,16). The Hall–Kier alpha value is -1.37. The number of hydrogen-bond donors (Lipinski definition) is 3. The maximum absolute atomic E-state index is 10.7. The number of nitrogens with one attached hydrogen (secondary N) is 2. The Morgan fingerprint density at radius 3 is 2.88 bits per heavy atom. The number of primary sulfonamides is 1. The lowest BCUT2D eigenvalue weighted by Crippen LogP contribution is -2.26. The molecule has 2 rings (SSSR count). The molecular formula is C11H15N3O2S. The molecule has 6 heteroatoms. The van der Waals surface area contributed by atoms with E-state index < -0.39 is 10.0 Å². The summed E-state index contributed by atoms with van der Waals surface area (Å²) >= 11 is 0. The first kappa shape index (κ1) is 12.1. The van der Waals surface area contributed by atoms with Crippen molar-refractivity contribution < 1.29 is 8.42 Å². The molecule has 0 saturated carbocycles. The third-order valence-corrected chi connectivity index (χ3v) is 3.29. The van der Waals surface area contributed by atoms with Gasteiger partial charge < -0.3 is 10.3 Å². The highest BCUT2D eigenvalue weighted by Crippen LogP contribution is 2.13. The molecule has 0 amide bonds. The van der Waals surface area contributed by atoms with Crippen LogP contribution in [-0.4, -0.2) is 25.7 Å². The van der Waals surface area contributed by atoms with Crippen molar-refractivity contribution in [2.45, 2.75) is 6.54 Å². The van der Waals surface area contributed by atoms with Gasteiger partial charge in [-0.05, 0) is 23.1 Å². The van der Waals surface area contributed by atoms with E-state index in [0.29, 0.717) is 13.1 Å². The number of nitrogens with two attached hydrogens (primary N) is 1. The van der Waals surface area contributed by atoms with Gasteiger partial charge >= 0.3 is 0 Å². The summed E-state index contributed by atoms with van der Waals surface area (Å²) in [5.41, 5.74) is 2.19. The molecule has 0 unspecified atom stereocenters. The Kier molecular flexibility index (Phi) is 3.46. The predicted molar refractivity (Wildman–Crippen MR) is 68.0 cm³/mol. The second-order valence-corrected chi connectivity index (χ2v) is 5.68. The molecule has 17 heavy (non-hydrogen) atoms. The third kappa shape index (κ3) is 3.55. The highest BCUT2D eigenvalue weighted by molar-refractivity contribution is 7.89. The largest absolute Gasteiger partial charge is 0.361 e. The van der Waals surface area contributed by atoms with E-state index in [4.69, 9.17) is 5.14 Å². The van der Waals surface area contributed by atoms with Gasteiger partial charge in [-0.2, -0.15) is 0 Å². The van der Waals surface area contributed by atoms with Crippen LogP contribution in [0.4, 0.5) is 0 Å². The van der Waals surface area contributed by atoms with Gasteiger partial charge in [0.2, 0.25) is 10.0 Å². The van der Waals surface area contributed by atoms with Crippen molar-refractivity contribution >= 4 is 20.9 Å². The number of hydrogen-bond acceptors (Lipinski definition) is 3. The van der Waals surface area contributed by atoms with Crippen LogP contribution >= 0.6 is 0 Å². The fourth-order valence-corrected chi connectivity index (χ4v) is 2.08. The summed E-state index contributed by atoms with van der Waals surface area (Å²) in [6, 6.07) is 8.09. The van der Waals surface area contributed by atoms with Gasteiger partial charge in [-0.15, -0.1) is 0 Å². The van der Waals surface area contributed by atoms with Crippen molar-refractivity contribution in [3.8, 4) is 0 Å². The number of benzene rings is 1. The Morgan fingerprint density at radius 2 is 2.12 bits per heavy atom. The highest BCUT2D eigenvalue weighted by atomic mass is 32.2. The first-order valence-corrected chi connectivity index (χ1v) is 7.03. The van der Waals surface area contributed by atoms with Crippen LogP contribution in [0.2, 0.25) is 0 Å². The van der Waals surface area contributed by atoms with Crippen LogP contribution in [-0.2, 0) is 16.6 Å². The van der Waals surface area contributed by atoms with E-state index in [-0.39, 0.29) is 5.75 Å². The molecule has 0 bridgehead atoms. The first-order chi connectivity index (χ1) is 8.04. The molecule has 0 radical (unpaired) electrons. The lowest BCUT2D eigenvalue weighted by Gasteiger charge is -2.04. The Bertz CT molecular complexity index is 604. The fourth-order valence-electron chi connectivity index (χ4n) is 1.65.